The van der Waals surface area contributed by atoms with E-state index in [1.165, 1.54) is 11.8 Å². The molecule has 46 valence electrons. The van der Waals surface area contributed by atoms with E-state index in [1.54, 1.807) is 0 Å². The van der Waals surface area contributed by atoms with E-state index in [0.29, 0.717) is 11.2 Å². The van der Waals surface area contributed by atoms with Crippen molar-refractivity contribution in [3.63, 3.8) is 0 Å². The molecule has 1 nitrogen and oxygen atoms in total. The predicted molar refractivity (Wildman–Crippen MR) is 37.5 cm³/mol. The molecule has 0 amide bonds. The summed E-state index contributed by atoms with van der Waals surface area (Å²) in [6.07, 6.45) is 0. The molecule has 8 heavy (non-hydrogen) atoms. The molecule has 0 aromatic rings. The third-order valence-electron chi connectivity index (χ3n) is 1.18. The molecule has 0 heterocycles. The fourth-order valence-electron chi connectivity index (χ4n) is 0.219. The van der Waals surface area contributed by atoms with Gasteiger partial charge in [-0.3, -0.25) is 0 Å². The van der Waals surface area contributed by atoms with Crippen molar-refractivity contribution in [3.8, 4) is 5.40 Å². The van der Waals surface area contributed by atoms with Crippen molar-refractivity contribution in [2.45, 2.75) is 26.0 Å². The van der Waals surface area contributed by atoms with E-state index >= 15 is 0 Å². The van der Waals surface area contributed by atoms with E-state index in [-0.39, 0.29) is 0 Å². The summed E-state index contributed by atoms with van der Waals surface area (Å²) in [6.45, 7) is 6.31. The zero-order valence-electron chi connectivity index (χ0n) is 5.51. The second-order valence-corrected chi connectivity index (χ2v) is 3.32. The molecular weight excluding hydrogens is 118 g/mol. The van der Waals surface area contributed by atoms with Crippen LogP contribution in [-0.4, -0.2) is 5.25 Å². The van der Waals surface area contributed by atoms with Crippen LogP contribution in [-0.2, 0) is 0 Å². The maximum atomic E-state index is 8.20. The molecule has 0 bridgehead atoms. The Morgan fingerprint density at radius 1 is 1.38 bits per heavy atom. The molecule has 0 aromatic heterocycles. The van der Waals surface area contributed by atoms with Crippen LogP contribution in [0.5, 0.6) is 0 Å². The molecule has 0 rings (SSSR count). The Morgan fingerprint density at radius 3 is 2.00 bits per heavy atom. The zero-order valence-corrected chi connectivity index (χ0v) is 6.33. The van der Waals surface area contributed by atoms with Gasteiger partial charge in [0.1, 0.15) is 5.40 Å². The molecule has 2 heteroatoms. The molecule has 0 radical (unpaired) electrons. The molecule has 0 saturated heterocycles. The SMILES string of the molecule is CC(C)C(C)SC#N. The Bertz CT molecular complexity index is 93.2. The summed E-state index contributed by atoms with van der Waals surface area (Å²) in [6, 6.07) is 0. The van der Waals surface area contributed by atoms with E-state index in [2.05, 4.69) is 26.2 Å². The molecule has 0 saturated carbocycles. The number of thiocyanates is 1. The first-order valence-corrected chi connectivity index (χ1v) is 3.61. The van der Waals surface area contributed by atoms with Gasteiger partial charge in [-0.15, -0.1) is 0 Å². The standard InChI is InChI=1S/C6H11NS/c1-5(2)6(3)8-4-7/h5-6H,1-3H3. The lowest BCUT2D eigenvalue weighted by Gasteiger charge is -2.08. The smallest absolute Gasteiger partial charge is 0.133 e. The minimum Gasteiger partial charge on any atom is -0.185 e. The maximum absolute atomic E-state index is 8.20. The summed E-state index contributed by atoms with van der Waals surface area (Å²) in [5, 5.41) is 10.7. The van der Waals surface area contributed by atoms with Crippen molar-refractivity contribution in [1.29, 1.82) is 5.26 Å². The average molecular weight is 129 g/mol. The van der Waals surface area contributed by atoms with Crippen molar-refractivity contribution >= 4 is 11.8 Å². The van der Waals surface area contributed by atoms with Gasteiger partial charge in [0.15, 0.2) is 0 Å². The van der Waals surface area contributed by atoms with Crippen LogP contribution in [0.15, 0.2) is 0 Å². The second kappa shape index (κ2) is 3.80. The molecule has 0 aliphatic rings. The highest BCUT2D eigenvalue weighted by molar-refractivity contribution is 8.04. The molecule has 0 aliphatic heterocycles. The van der Waals surface area contributed by atoms with E-state index in [4.69, 9.17) is 5.26 Å². The van der Waals surface area contributed by atoms with Crippen molar-refractivity contribution < 1.29 is 0 Å². The number of thioether (sulfide) groups is 1. The van der Waals surface area contributed by atoms with Crippen LogP contribution in [0.3, 0.4) is 0 Å². The lowest BCUT2D eigenvalue weighted by atomic mass is 10.2. The van der Waals surface area contributed by atoms with Gasteiger partial charge < -0.3 is 0 Å². The summed E-state index contributed by atoms with van der Waals surface area (Å²) < 4.78 is 0. The van der Waals surface area contributed by atoms with Gasteiger partial charge in [0.2, 0.25) is 0 Å². The van der Waals surface area contributed by atoms with E-state index in [1.807, 2.05) is 0 Å². The first kappa shape index (κ1) is 7.84. The van der Waals surface area contributed by atoms with Gasteiger partial charge in [-0.05, 0) is 17.7 Å². The zero-order chi connectivity index (χ0) is 6.57. The van der Waals surface area contributed by atoms with Gasteiger partial charge in [0, 0.05) is 5.25 Å². The number of hydrogen-bond acceptors (Lipinski definition) is 2. The quantitative estimate of drug-likeness (QED) is 0.534. The van der Waals surface area contributed by atoms with E-state index in [0.717, 1.165) is 0 Å². The molecule has 0 fully saturated rings. The van der Waals surface area contributed by atoms with Crippen LogP contribution in [0.1, 0.15) is 20.8 Å². The van der Waals surface area contributed by atoms with Gasteiger partial charge in [-0.25, -0.2) is 0 Å². The topological polar surface area (TPSA) is 23.8 Å². The molecule has 0 aromatic carbocycles. The lowest BCUT2D eigenvalue weighted by Crippen LogP contribution is -2.03. The van der Waals surface area contributed by atoms with Crippen LogP contribution in [0.4, 0.5) is 0 Å². The minimum absolute atomic E-state index is 0.472. The normalized spacial score (nSPS) is 13.4. The van der Waals surface area contributed by atoms with Gasteiger partial charge in [0.25, 0.3) is 0 Å². The summed E-state index contributed by atoms with van der Waals surface area (Å²) >= 11 is 1.34. The number of nitrogens with zero attached hydrogens (tertiary/aromatic N) is 1. The monoisotopic (exact) mass is 129 g/mol. The maximum Gasteiger partial charge on any atom is 0.133 e. The predicted octanol–water partition coefficient (Wildman–Crippen LogP) is 2.25. The third kappa shape index (κ3) is 2.92. The Kier molecular flexibility index (Phi) is 3.72. The molecule has 1 unspecified atom stereocenters. The Hall–Kier alpha value is -0.160. The minimum atomic E-state index is 0.472. The van der Waals surface area contributed by atoms with Crippen molar-refractivity contribution in [1.82, 2.24) is 0 Å². The number of rotatable bonds is 2. The van der Waals surface area contributed by atoms with Crippen LogP contribution in [0.25, 0.3) is 0 Å². The summed E-state index contributed by atoms with van der Waals surface area (Å²) in [7, 11) is 0. The molecule has 1 atom stereocenters. The Labute approximate surface area is 55.1 Å². The molecule has 0 N–H and O–H groups in total. The van der Waals surface area contributed by atoms with Gasteiger partial charge in [-0.2, -0.15) is 5.26 Å². The highest BCUT2D eigenvalue weighted by atomic mass is 32.2. The van der Waals surface area contributed by atoms with Gasteiger partial charge in [0.05, 0.1) is 0 Å². The average Bonchev–Trinajstić information content (AvgIpc) is 1.67. The van der Waals surface area contributed by atoms with Crippen LogP contribution in [0, 0.1) is 16.6 Å². The summed E-state index contributed by atoms with van der Waals surface area (Å²) in [4.78, 5) is 0. The van der Waals surface area contributed by atoms with Crippen molar-refractivity contribution in [3.05, 3.63) is 0 Å². The van der Waals surface area contributed by atoms with Crippen LogP contribution >= 0.6 is 11.8 Å². The largest absolute Gasteiger partial charge is 0.185 e. The lowest BCUT2D eigenvalue weighted by molar-refractivity contribution is 0.644. The third-order valence-corrected chi connectivity index (χ3v) is 2.20. The van der Waals surface area contributed by atoms with Gasteiger partial charge in [-0.1, -0.05) is 20.8 Å². The van der Waals surface area contributed by atoms with Crippen LogP contribution in [0.2, 0.25) is 0 Å². The highest BCUT2D eigenvalue weighted by Gasteiger charge is 2.05. The van der Waals surface area contributed by atoms with E-state index < -0.39 is 0 Å². The first-order valence-electron chi connectivity index (χ1n) is 2.73. The first-order chi connectivity index (χ1) is 3.68. The van der Waals surface area contributed by atoms with Crippen LogP contribution < -0.4 is 0 Å². The molecular formula is C6H11NS. The van der Waals surface area contributed by atoms with Gasteiger partial charge >= 0.3 is 0 Å². The Morgan fingerprint density at radius 2 is 1.88 bits per heavy atom. The number of hydrogen-bond donors (Lipinski definition) is 0. The van der Waals surface area contributed by atoms with E-state index in [9.17, 15) is 0 Å². The second-order valence-electron chi connectivity index (χ2n) is 2.16. The van der Waals surface area contributed by atoms with Crippen molar-refractivity contribution in [2.75, 3.05) is 0 Å². The number of nitriles is 1. The highest BCUT2D eigenvalue weighted by Crippen LogP contribution is 2.16. The Balaban J connectivity index is 3.35. The summed E-state index contributed by atoms with van der Waals surface area (Å²) in [5.74, 6) is 0.611. The molecule has 0 spiro atoms. The fourth-order valence-corrected chi connectivity index (χ4v) is 0.658. The molecule has 0 aliphatic carbocycles. The van der Waals surface area contributed by atoms with Crippen molar-refractivity contribution in [2.24, 2.45) is 5.92 Å². The summed E-state index contributed by atoms with van der Waals surface area (Å²) in [5.41, 5.74) is 0. The fraction of sp³-hybridized carbons (Fsp3) is 0.833.